The fourth-order valence-electron chi connectivity index (χ4n) is 1.40. The van der Waals surface area contributed by atoms with E-state index < -0.39 is 11.7 Å². The third-order valence-corrected chi connectivity index (χ3v) is 3.61. The van der Waals surface area contributed by atoms with Gasteiger partial charge in [0.1, 0.15) is 5.01 Å². The molecule has 0 radical (unpaired) electrons. The van der Waals surface area contributed by atoms with Gasteiger partial charge in [-0.15, -0.1) is 11.3 Å². The van der Waals surface area contributed by atoms with Gasteiger partial charge in [-0.3, -0.25) is 4.79 Å². The molecule has 2 rings (SSSR count). The minimum Gasteiger partial charge on any atom is -0.297 e. The van der Waals surface area contributed by atoms with Gasteiger partial charge in [0, 0.05) is 16.2 Å². The van der Waals surface area contributed by atoms with Crippen molar-refractivity contribution in [3.05, 3.63) is 39.3 Å². The summed E-state index contributed by atoms with van der Waals surface area (Å²) in [5.74, 6) is 0. The van der Waals surface area contributed by atoms with Gasteiger partial charge in [0.15, 0.2) is 6.29 Å². The number of carbonyl (C=O) groups excluding carboxylic acids is 1. The molecule has 2 aromatic rings. The van der Waals surface area contributed by atoms with Gasteiger partial charge in [0.05, 0.1) is 10.4 Å². The average molecular weight is 336 g/mol. The van der Waals surface area contributed by atoms with E-state index in [4.69, 9.17) is 0 Å². The Hall–Kier alpha value is -1.21. The first-order valence-electron chi connectivity index (χ1n) is 4.70. The summed E-state index contributed by atoms with van der Waals surface area (Å²) in [6.45, 7) is 0. The Labute approximate surface area is 113 Å². The van der Waals surface area contributed by atoms with Crippen LogP contribution in [0.2, 0.25) is 0 Å². The molecular weight excluding hydrogens is 331 g/mol. The van der Waals surface area contributed by atoms with Gasteiger partial charge in [0.25, 0.3) is 0 Å². The number of carbonyl (C=O) groups is 1. The first-order valence-corrected chi connectivity index (χ1v) is 6.31. The van der Waals surface area contributed by atoms with E-state index in [0.717, 1.165) is 17.4 Å². The van der Waals surface area contributed by atoms with E-state index in [2.05, 4.69) is 20.9 Å². The second kappa shape index (κ2) is 4.81. The summed E-state index contributed by atoms with van der Waals surface area (Å²) >= 11 is 3.93. The van der Waals surface area contributed by atoms with E-state index in [9.17, 15) is 18.0 Å². The van der Waals surface area contributed by atoms with Crippen LogP contribution in [0.25, 0.3) is 10.6 Å². The number of aldehydes is 1. The van der Waals surface area contributed by atoms with Crippen molar-refractivity contribution in [1.29, 1.82) is 0 Å². The predicted molar refractivity (Wildman–Crippen MR) is 65.6 cm³/mol. The zero-order valence-corrected chi connectivity index (χ0v) is 11.1. The highest BCUT2D eigenvalue weighted by atomic mass is 79.9. The Bertz CT molecular complexity index is 594. The first kappa shape index (κ1) is 13.2. The summed E-state index contributed by atoms with van der Waals surface area (Å²) in [5, 5.41) is 0.178. The molecule has 7 heteroatoms. The summed E-state index contributed by atoms with van der Waals surface area (Å²) in [5.41, 5.74) is -0.799. The number of halogens is 4. The summed E-state index contributed by atoms with van der Waals surface area (Å²) in [4.78, 5) is 14.7. The van der Waals surface area contributed by atoms with Crippen LogP contribution in [0.15, 0.2) is 28.9 Å². The molecule has 0 aliphatic rings. The Morgan fingerprint density at radius 3 is 2.61 bits per heavy atom. The molecule has 1 aromatic carbocycles. The van der Waals surface area contributed by atoms with E-state index in [1.165, 1.54) is 18.3 Å². The van der Waals surface area contributed by atoms with Crippen LogP contribution in [0, 0.1) is 0 Å². The Morgan fingerprint density at radius 1 is 1.33 bits per heavy atom. The third kappa shape index (κ3) is 2.62. The second-order valence-corrected chi connectivity index (χ2v) is 5.35. The van der Waals surface area contributed by atoms with E-state index in [-0.39, 0.29) is 10.6 Å². The standard InChI is InChI=1S/C11H5BrF3NOS/c12-6-1-2-8(9(3-6)11(13,14)15)10-16-4-7(5-17)18-10/h1-5H. The van der Waals surface area contributed by atoms with Crippen molar-refractivity contribution < 1.29 is 18.0 Å². The number of aromatic nitrogens is 1. The van der Waals surface area contributed by atoms with Crippen molar-refractivity contribution in [3.8, 4) is 10.6 Å². The molecule has 0 amide bonds. The van der Waals surface area contributed by atoms with Crippen LogP contribution in [0.5, 0.6) is 0 Å². The van der Waals surface area contributed by atoms with E-state index in [1.807, 2.05) is 0 Å². The number of alkyl halides is 3. The van der Waals surface area contributed by atoms with Crippen LogP contribution in [-0.4, -0.2) is 11.3 Å². The summed E-state index contributed by atoms with van der Waals surface area (Å²) in [6, 6.07) is 3.84. The summed E-state index contributed by atoms with van der Waals surface area (Å²) in [6.07, 6.45) is -2.64. The normalized spacial score (nSPS) is 11.6. The van der Waals surface area contributed by atoms with E-state index in [1.54, 1.807) is 0 Å². The van der Waals surface area contributed by atoms with Crippen LogP contribution in [-0.2, 0) is 6.18 Å². The summed E-state index contributed by atoms with van der Waals surface area (Å²) < 4.78 is 39.0. The van der Waals surface area contributed by atoms with Crippen molar-refractivity contribution in [1.82, 2.24) is 4.98 Å². The number of hydrogen-bond acceptors (Lipinski definition) is 3. The molecular formula is C11H5BrF3NOS. The lowest BCUT2D eigenvalue weighted by Gasteiger charge is -2.11. The van der Waals surface area contributed by atoms with E-state index in [0.29, 0.717) is 15.6 Å². The molecule has 94 valence electrons. The maximum absolute atomic E-state index is 12.9. The zero-order chi connectivity index (χ0) is 13.3. The number of benzene rings is 1. The molecule has 18 heavy (non-hydrogen) atoms. The zero-order valence-electron chi connectivity index (χ0n) is 8.66. The maximum Gasteiger partial charge on any atom is 0.417 e. The van der Waals surface area contributed by atoms with Crippen LogP contribution < -0.4 is 0 Å². The van der Waals surface area contributed by atoms with Gasteiger partial charge in [-0.05, 0) is 12.1 Å². The van der Waals surface area contributed by atoms with E-state index >= 15 is 0 Å². The van der Waals surface area contributed by atoms with Gasteiger partial charge >= 0.3 is 6.18 Å². The van der Waals surface area contributed by atoms with Crippen molar-refractivity contribution in [2.45, 2.75) is 6.18 Å². The number of hydrogen-bond donors (Lipinski definition) is 0. The van der Waals surface area contributed by atoms with Crippen LogP contribution in [0.3, 0.4) is 0 Å². The summed E-state index contributed by atoms with van der Waals surface area (Å²) in [7, 11) is 0. The molecule has 0 fully saturated rings. The molecule has 0 aliphatic heterocycles. The number of rotatable bonds is 2. The first-order chi connectivity index (χ1) is 8.41. The van der Waals surface area contributed by atoms with Gasteiger partial charge in [-0.25, -0.2) is 4.98 Å². The lowest BCUT2D eigenvalue weighted by atomic mass is 10.1. The van der Waals surface area contributed by atoms with Crippen molar-refractivity contribution in [3.63, 3.8) is 0 Å². The number of thiazole rings is 1. The predicted octanol–water partition coefficient (Wildman–Crippen LogP) is 4.40. The highest BCUT2D eigenvalue weighted by Gasteiger charge is 2.34. The lowest BCUT2D eigenvalue weighted by Crippen LogP contribution is -2.07. The Kier molecular flexibility index (Phi) is 3.54. The fraction of sp³-hybridized carbons (Fsp3) is 0.0909. The molecule has 1 heterocycles. The molecule has 0 saturated heterocycles. The highest BCUT2D eigenvalue weighted by Crippen LogP contribution is 2.39. The fourth-order valence-corrected chi connectivity index (χ4v) is 2.53. The smallest absolute Gasteiger partial charge is 0.297 e. The van der Waals surface area contributed by atoms with Crippen LogP contribution >= 0.6 is 27.3 Å². The minimum absolute atomic E-state index is 0.0243. The highest BCUT2D eigenvalue weighted by molar-refractivity contribution is 9.10. The quantitative estimate of drug-likeness (QED) is 0.761. The third-order valence-electron chi connectivity index (χ3n) is 2.16. The Balaban J connectivity index is 2.60. The molecule has 1 aromatic heterocycles. The monoisotopic (exact) mass is 335 g/mol. The molecule has 0 aliphatic carbocycles. The lowest BCUT2D eigenvalue weighted by molar-refractivity contribution is -0.137. The number of nitrogens with zero attached hydrogens (tertiary/aromatic N) is 1. The van der Waals surface area contributed by atoms with Gasteiger partial charge < -0.3 is 0 Å². The molecule has 0 unspecified atom stereocenters. The maximum atomic E-state index is 12.9. The van der Waals surface area contributed by atoms with Crippen molar-refractivity contribution >= 4 is 33.6 Å². The second-order valence-electron chi connectivity index (χ2n) is 3.37. The van der Waals surface area contributed by atoms with Crippen LogP contribution in [0.1, 0.15) is 15.2 Å². The largest absolute Gasteiger partial charge is 0.417 e. The van der Waals surface area contributed by atoms with Gasteiger partial charge in [0.2, 0.25) is 0 Å². The SMILES string of the molecule is O=Cc1cnc(-c2ccc(Br)cc2C(F)(F)F)s1. The van der Waals surface area contributed by atoms with Crippen molar-refractivity contribution in [2.24, 2.45) is 0 Å². The Morgan fingerprint density at radius 2 is 2.06 bits per heavy atom. The topological polar surface area (TPSA) is 30.0 Å². The molecule has 0 atom stereocenters. The molecule has 2 nitrogen and oxygen atoms in total. The molecule has 0 spiro atoms. The van der Waals surface area contributed by atoms with Gasteiger partial charge in [-0.2, -0.15) is 13.2 Å². The van der Waals surface area contributed by atoms with Gasteiger partial charge in [-0.1, -0.05) is 22.0 Å². The average Bonchev–Trinajstić information content (AvgIpc) is 2.76. The molecule has 0 saturated carbocycles. The van der Waals surface area contributed by atoms with Crippen LogP contribution in [0.4, 0.5) is 13.2 Å². The minimum atomic E-state index is -4.47. The molecule has 0 bridgehead atoms. The van der Waals surface area contributed by atoms with Crippen molar-refractivity contribution in [2.75, 3.05) is 0 Å². The molecule has 0 N–H and O–H groups in total.